The molecule has 0 radical (unpaired) electrons. The molecule has 2 saturated heterocycles. The van der Waals surface area contributed by atoms with Gasteiger partial charge < -0.3 is 9.80 Å². The van der Waals surface area contributed by atoms with Gasteiger partial charge in [-0.05, 0) is 80.1 Å². The average Bonchev–Trinajstić information content (AvgIpc) is 2.99. The van der Waals surface area contributed by atoms with E-state index in [1.165, 1.54) is 11.4 Å². The highest BCUT2D eigenvalue weighted by Gasteiger charge is 2.39. The highest BCUT2D eigenvalue weighted by molar-refractivity contribution is 6.08. The molecule has 4 aromatic carbocycles. The molecule has 1 amide bonds. The minimum Gasteiger partial charge on any atom is -0.338 e. The second kappa shape index (κ2) is 10.9. The van der Waals surface area contributed by atoms with Crippen LogP contribution in [-0.4, -0.2) is 53.5 Å². The molecule has 0 spiro atoms. The maximum absolute atomic E-state index is 13.7. The number of nitrogens with zero attached hydrogens (tertiary/aromatic N) is 3. The van der Waals surface area contributed by atoms with Crippen molar-refractivity contribution in [2.24, 2.45) is 0 Å². The van der Waals surface area contributed by atoms with Crippen LogP contribution in [0.25, 0.3) is 10.8 Å². The summed E-state index contributed by atoms with van der Waals surface area (Å²) in [7, 11) is 0. The first-order valence-electron chi connectivity index (χ1n) is 14.5. The fourth-order valence-corrected chi connectivity index (χ4v) is 6.74. The topological polar surface area (TPSA) is 26.8 Å². The molecule has 2 fully saturated rings. The molecule has 0 saturated carbocycles. The van der Waals surface area contributed by atoms with Crippen LogP contribution in [0.15, 0.2) is 97.1 Å². The number of rotatable bonds is 5. The number of carbonyl (C=O) groups excluding carboxylic acids is 1. The second-order valence-electron chi connectivity index (χ2n) is 11.5. The number of aryl methyl sites for hydroxylation is 1. The Morgan fingerprint density at radius 3 is 1.92 bits per heavy atom. The summed E-state index contributed by atoms with van der Waals surface area (Å²) in [4.78, 5) is 21.1. The third-order valence-electron chi connectivity index (χ3n) is 9.14. The van der Waals surface area contributed by atoms with Crippen LogP contribution in [0.4, 0.5) is 11.4 Å². The molecule has 200 valence electrons. The molecule has 39 heavy (non-hydrogen) atoms. The Bertz CT molecular complexity index is 1380. The summed E-state index contributed by atoms with van der Waals surface area (Å²) in [6.45, 7) is 8.30. The van der Waals surface area contributed by atoms with Gasteiger partial charge in [-0.25, -0.2) is 0 Å². The molecule has 4 nitrogen and oxygen atoms in total. The zero-order valence-corrected chi connectivity index (χ0v) is 23.2. The van der Waals surface area contributed by atoms with E-state index >= 15 is 0 Å². The number of hydrogen-bond acceptors (Lipinski definition) is 3. The van der Waals surface area contributed by atoms with Crippen LogP contribution in [0.3, 0.4) is 0 Å². The van der Waals surface area contributed by atoms with Crippen molar-refractivity contribution >= 4 is 28.1 Å². The minimum atomic E-state index is 0.139. The Balaban J connectivity index is 1.12. The molecule has 2 aliphatic heterocycles. The zero-order chi connectivity index (χ0) is 26.8. The van der Waals surface area contributed by atoms with Gasteiger partial charge in [0.2, 0.25) is 0 Å². The number of hydrogen-bond donors (Lipinski definition) is 0. The summed E-state index contributed by atoms with van der Waals surface area (Å²) in [5.74, 6) is 0.187. The first kappa shape index (κ1) is 25.6. The van der Waals surface area contributed by atoms with E-state index in [1.807, 2.05) is 12.1 Å². The van der Waals surface area contributed by atoms with Crippen molar-refractivity contribution in [1.29, 1.82) is 0 Å². The van der Waals surface area contributed by atoms with Crippen molar-refractivity contribution in [3.63, 3.8) is 0 Å². The number of anilines is 2. The van der Waals surface area contributed by atoms with Crippen LogP contribution in [0, 0.1) is 6.92 Å². The highest BCUT2D eigenvalue weighted by Crippen LogP contribution is 2.36. The third kappa shape index (κ3) is 5.06. The largest absolute Gasteiger partial charge is 0.338 e. The number of benzene rings is 4. The Morgan fingerprint density at radius 2 is 1.31 bits per heavy atom. The molecular weight excluding hydrogens is 478 g/mol. The van der Waals surface area contributed by atoms with Gasteiger partial charge >= 0.3 is 0 Å². The maximum atomic E-state index is 13.7. The second-order valence-corrected chi connectivity index (χ2v) is 11.5. The quantitative estimate of drug-likeness (QED) is 0.275. The number of amides is 1. The maximum Gasteiger partial charge on any atom is 0.254 e. The minimum absolute atomic E-state index is 0.139. The number of para-hydroxylation sites is 2. The smallest absolute Gasteiger partial charge is 0.254 e. The summed E-state index contributed by atoms with van der Waals surface area (Å²) in [6, 6.07) is 34.6. The van der Waals surface area contributed by atoms with Gasteiger partial charge in [-0.2, -0.15) is 0 Å². The van der Waals surface area contributed by atoms with Gasteiger partial charge in [0, 0.05) is 49.1 Å². The van der Waals surface area contributed by atoms with E-state index in [1.54, 1.807) is 0 Å². The number of fused-ring (bicyclic) bond motifs is 1. The predicted molar refractivity (Wildman–Crippen MR) is 162 cm³/mol. The lowest BCUT2D eigenvalue weighted by Crippen LogP contribution is -2.57. The van der Waals surface area contributed by atoms with Crippen molar-refractivity contribution in [1.82, 2.24) is 9.80 Å². The Labute approximate surface area is 232 Å². The molecule has 0 N–H and O–H groups in total. The van der Waals surface area contributed by atoms with Gasteiger partial charge in [0.1, 0.15) is 0 Å². The molecule has 0 bridgehead atoms. The molecule has 2 aliphatic rings. The van der Waals surface area contributed by atoms with Crippen molar-refractivity contribution in [3.05, 3.63) is 108 Å². The van der Waals surface area contributed by atoms with E-state index in [9.17, 15) is 4.79 Å². The van der Waals surface area contributed by atoms with E-state index in [4.69, 9.17) is 0 Å². The molecule has 2 heterocycles. The molecule has 0 unspecified atom stereocenters. The van der Waals surface area contributed by atoms with Gasteiger partial charge in [-0.3, -0.25) is 9.69 Å². The Hall–Kier alpha value is -3.63. The molecule has 6 rings (SSSR count). The van der Waals surface area contributed by atoms with Crippen LogP contribution in [0.1, 0.15) is 48.5 Å². The highest BCUT2D eigenvalue weighted by atomic mass is 16.2. The van der Waals surface area contributed by atoms with E-state index in [0.29, 0.717) is 6.04 Å². The predicted octanol–water partition coefficient (Wildman–Crippen LogP) is 7.45. The number of piperidine rings is 2. The SMILES string of the molecule is Cc1ccc2ccccc2c1C(=O)N1CCC(C)(N2CCC(N(c3ccccc3)c3ccccc3)CC2)CC1. The van der Waals surface area contributed by atoms with Crippen LogP contribution in [0.5, 0.6) is 0 Å². The zero-order valence-electron chi connectivity index (χ0n) is 23.2. The van der Waals surface area contributed by atoms with Crippen molar-refractivity contribution in [2.45, 2.75) is 51.1 Å². The molecule has 0 aromatic heterocycles. The van der Waals surface area contributed by atoms with Crippen LogP contribution in [-0.2, 0) is 0 Å². The summed E-state index contributed by atoms with van der Waals surface area (Å²) in [5, 5.41) is 2.20. The van der Waals surface area contributed by atoms with Gasteiger partial charge in [-0.1, -0.05) is 72.8 Å². The normalized spacial score (nSPS) is 18.3. The van der Waals surface area contributed by atoms with Crippen LogP contribution in [0.2, 0.25) is 0 Å². The van der Waals surface area contributed by atoms with Crippen LogP contribution >= 0.6 is 0 Å². The lowest BCUT2D eigenvalue weighted by molar-refractivity contribution is 0.0177. The van der Waals surface area contributed by atoms with Gasteiger partial charge in [0.05, 0.1) is 5.56 Å². The van der Waals surface area contributed by atoms with E-state index in [0.717, 1.165) is 73.8 Å². The van der Waals surface area contributed by atoms with Gasteiger partial charge in [-0.15, -0.1) is 0 Å². The first-order valence-corrected chi connectivity index (χ1v) is 14.5. The Kier molecular flexibility index (Phi) is 7.14. The van der Waals surface area contributed by atoms with Gasteiger partial charge in [0.25, 0.3) is 5.91 Å². The van der Waals surface area contributed by atoms with Crippen molar-refractivity contribution in [3.8, 4) is 0 Å². The molecule has 0 aliphatic carbocycles. The summed E-state index contributed by atoms with van der Waals surface area (Å²) in [6.07, 6.45) is 4.32. The van der Waals surface area contributed by atoms with E-state index < -0.39 is 0 Å². The third-order valence-corrected chi connectivity index (χ3v) is 9.14. The Morgan fingerprint density at radius 1 is 0.744 bits per heavy atom. The summed E-state index contributed by atoms with van der Waals surface area (Å²) in [5.41, 5.74) is 4.61. The lowest BCUT2D eigenvalue weighted by atomic mass is 9.85. The standard InChI is InChI=1S/C35H39N3O/c1-27-17-18-28-11-9-10-16-32(28)33(27)34(39)36-25-21-35(2,22-26-36)37-23-19-31(20-24-37)38(29-12-5-3-6-13-29)30-14-7-4-8-15-30/h3-18,31H,19-26H2,1-2H3. The molecule has 4 heteroatoms. The van der Waals surface area contributed by atoms with Gasteiger partial charge in [0.15, 0.2) is 0 Å². The molecule has 4 aromatic rings. The monoisotopic (exact) mass is 517 g/mol. The lowest BCUT2D eigenvalue weighted by Gasteiger charge is -2.50. The average molecular weight is 518 g/mol. The van der Waals surface area contributed by atoms with E-state index in [-0.39, 0.29) is 11.4 Å². The summed E-state index contributed by atoms with van der Waals surface area (Å²) < 4.78 is 0. The number of carbonyl (C=O) groups is 1. The van der Waals surface area contributed by atoms with Crippen molar-refractivity contribution in [2.75, 3.05) is 31.1 Å². The van der Waals surface area contributed by atoms with Crippen molar-refractivity contribution < 1.29 is 4.79 Å². The van der Waals surface area contributed by atoms with Crippen LogP contribution < -0.4 is 4.90 Å². The summed E-state index contributed by atoms with van der Waals surface area (Å²) >= 11 is 0. The first-order chi connectivity index (χ1) is 19.0. The number of likely N-dealkylation sites (tertiary alicyclic amines) is 2. The fourth-order valence-electron chi connectivity index (χ4n) is 6.74. The molecular formula is C35H39N3O. The van der Waals surface area contributed by atoms with E-state index in [2.05, 4.69) is 113 Å². The fraction of sp³-hybridized carbons (Fsp3) is 0.343. The molecule has 0 atom stereocenters.